The second kappa shape index (κ2) is 4.80. The summed E-state index contributed by atoms with van der Waals surface area (Å²) in [6.07, 6.45) is 2.71. The molecule has 0 radical (unpaired) electrons. The van der Waals surface area contributed by atoms with Gasteiger partial charge in [0.2, 0.25) is 0 Å². The highest BCUT2D eigenvalue weighted by atomic mass is 35.5. The van der Waals surface area contributed by atoms with Crippen molar-refractivity contribution in [3.8, 4) is 0 Å². The Morgan fingerprint density at radius 2 is 2.12 bits per heavy atom. The molecule has 86 valence electrons. The molecule has 1 fully saturated rings. The van der Waals surface area contributed by atoms with Crippen LogP contribution in [-0.2, 0) is 11.2 Å². The molecule has 1 heterocycles. The van der Waals surface area contributed by atoms with E-state index in [0.29, 0.717) is 12.2 Å². The first-order valence-corrected chi connectivity index (χ1v) is 6.88. The van der Waals surface area contributed by atoms with Crippen LogP contribution in [0.1, 0.15) is 25.3 Å². The first-order chi connectivity index (χ1) is 7.60. The lowest BCUT2D eigenvalue weighted by molar-refractivity contribution is -0.120. The fraction of sp³-hybridized carbons (Fsp3) is 0.462. The van der Waals surface area contributed by atoms with E-state index in [-0.39, 0.29) is 4.75 Å². The highest BCUT2D eigenvalue weighted by molar-refractivity contribution is 8.01. The number of carbonyl (C=O) groups is 1. The molecule has 1 aromatic carbocycles. The smallest absolute Gasteiger partial charge is 0.152 e. The summed E-state index contributed by atoms with van der Waals surface area (Å²) in [5, 5.41) is 0.720. The van der Waals surface area contributed by atoms with E-state index >= 15 is 0 Å². The van der Waals surface area contributed by atoms with E-state index in [0.717, 1.165) is 29.2 Å². The van der Waals surface area contributed by atoms with Gasteiger partial charge in [-0.05, 0) is 43.2 Å². The molecular weight excluding hydrogens is 240 g/mol. The van der Waals surface area contributed by atoms with E-state index in [9.17, 15) is 4.79 Å². The van der Waals surface area contributed by atoms with Crippen molar-refractivity contribution in [3.63, 3.8) is 0 Å². The van der Waals surface area contributed by atoms with Crippen LogP contribution in [0.2, 0.25) is 5.02 Å². The number of halogens is 1. The van der Waals surface area contributed by atoms with Crippen molar-refractivity contribution in [2.45, 2.75) is 30.9 Å². The maximum Gasteiger partial charge on any atom is 0.152 e. The first-order valence-electron chi connectivity index (χ1n) is 5.52. The van der Waals surface area contributed by atoms with E-state index in [1.165, 1.54) is 0 Å². The molecule has 0 aliphatic carbocycles. The van der Waals surface area contributed by atoms with Gasteiger partial charge >= 0.3 is 0 Å². The Kier molecular flexibility index (Phi) is 3.60. The zero-order valence-corrected chi connectivity index (χ0v) is 10.9. The number of Topliss-reactive ketones (excluding diaryl/α,β-unsaturated/α-hetero) is 1. The predicted octanol–water partition coefficient (Wildman–Crippen LogP) is 3.74. The molecule has 0 amide bonds. The lowest BCUT2D eigenvalue weighted by atomic mass is 9.95. The van der Waals surface area contributed by atoms with Crippen LogP contribution in [0.5, 0.6) is 0 Å². The van der Waals surface area contributed by atoms with Crippen molar-refractivity contribution in [1.82, 2.24) is 0 Å². The summed E-state index contributed by atoms with van der Waals surface area (Å²) in [6.45, 7) is 2.07. The number of benzene rings is 1. The largest absolute Gasteiger partial charge is 0.298 e. The third-order valence-corrected chi connectivity index (χ3v) is 4.90. The van der Waals surface area contributed by atoms with Gasteiger partial charge in [0.15, 0.2) is 5.78 Å². The fourth-order valence-corrected chi connectivity index (χ4v) is 3.36. The van der Waals surface area contributed by atoms with Gasteiger partial charge in [-0.1, -0.05) is 23.7 Å². The third-order valence-electron chi connectivity index (χ3n) is 3.09. The van der Waals surface area contributed by atoms with Gasteiger partial charge < -0.3 is 0 Å². The minimum atomic E-state index is -0.153. The van der Waals surface area contributed by atoms with Gasteiger partial charge in [-0.25, -0.2) is 0 Å². The lowest BCUT2D eigenvalue weighted by Gasteiger charge is -2.20. The van der Waals surface area contributed by atoms with Gasteiger partial charge in [0, 0.05) is 11.4 Å². The van der Waals surface area contributed by atoms with Crippen LogP contribution in [0.3, 0.4) is 0 Å². The highest BCUT2D eigenvalue weighted by Gasteiger charge is 2.36. The summed E-state index contributed by atoms with van der Waals surface area (Å²) in [4.78, 5) is 12.2. The van der Waals surface area contributed by atoms with Gasteiger partial charge in [-0.3, -0.25) is 4.79 Å². The van der Waals surface area contributed by atoms with E-state index in [4.69, 9.17) is 11.6 Å². The average Bonchev–Trinajstić information content (AvgIpc) is 2.70. The van der Waals surface area contributed by atoms with E-state index in [2.05, 4.69) is 6.92 Å². The van der Waals surface area contributed by atoms with Crippen molar-refractivity contribution in [1.29, 1.82) is 0 Å². The van der Waals surface area contributed by atoms with Crippen molar-refractivity contribution in [3.05, 3.63) is 34.9 Å². The summed E-state index contributed by atoms with van der Waals surface area (Å²) >= 11 is 7.61. The molecule has 0 saturated carbocycles. The summed E-state index contributed by atoms with van der Waals surface area (Å²) < 4.78 is -0.153. The summed E-state index contributed by atoms with van der Waals surface area (Å²) in [6, 6.07) is 7.55. The van der Waals surface area contributed by atoms with E-state index < -0.39 is 0 Å². The van der Waals surface area contributed by atoms with Crippen LogP contribution in [0.15, 0.2) is 24.3 Å². The number of thioether (sulfide) groups is 1. The SMILES string of the molecule is CC1(C(=O)Cc2ccc(Cl)cc2)CCCS1. The lowest BCUT2D eigenvalue weighted by Crippen LogP contribution is -2.30. The van der Waals surface area contributed by atoms with Crippen molar-refractivity contribution < 1.29 is 4.79 Å². The molecule has 1 aliphatic heterocycles. The van der Waals surface area contributed by atoms with Crippen LogP contribution in [-0.4, -0.2) is 16.3 Å². The average molecular weight is 255 g/mol. The minimum absolute atomic E-state index is 0.153. The summed E-state index contributed by atoms with van der Waals surface area (Å²) in [5.74, 6) is 1.46. The molecule has 3 heteroatoms. The Bertz CT molecular complexity index is 379. The van der Waals surface area contributed by atoms with Crippen LogP contribution >= 0.6 is 23.4 Å². The zero-order valence-electron chi connectivity index (χ0n) is 9.33. The molecule has 1 unspecified atom stereocenters. The molecule has 1 nitrogen and oxygen atoms in total. The molecule has 0 bridgehead atoms. The van der Waals surface area contributed by atoms with Gasteiger partial charge in [-0.2, -0.15) is 0 Å². The number of carbonyl (C=O) groups excluding carboxylic acids is 1. The topological polar surface area (TPSA) is 17.1 Å². The summed E-state index contributed by atoms with van der Waals surface area (Å²) in [5.41, 5.74) is 1.06. The summed E-state index contributed by atoms with van der Waals surface area (Å²) in [7, 11) is 0. The molecule has 1 saturated heterocycles. The van der Waals surface area contributed by atoms with Gasteiger partial charge in [0.05, 0.1) is 4.75 Å². The van der Waals surface area contributed by atoms with E-state index in [1.807, 2.05) is 24.3 Å². The third kappa shape index (κ3) is 2.61. The van der Waals surface area contributed by atoms with Crippen LogP contribution in [0.25, 0.3) is 0 Å². The van der Waals surface area contributed by atoms with Gasteiger partial charge in [-0.15, -0.1) is 11.8 Å². The molecule has 1 aromatic rings. The Labute approximate surface area is 106 Å². The molecular formula is C13H15ClOS. The Morgan fingerprint density at radius 1 is 1.44 bits per heavy atom. The maximum atomic E-state index is 12.2. The van der Waals surface area contributed by atoms with Crippen molar-refractivity contribution >= 4 is 29.1 Å². The minimum Gasteiger partial charge on any atom is -0.298 e. The molecule has 0 N–H and O–H groups in total. The molecule has 1 aliphatic rings. The van der Waals surface area contributed by atoms with E-state index in [1.54, 1.807) is 11.8 Å². The number of ketones is 1. The van der Waals surface area contributed by atoms with Crippen LogP contribution in [0.4, 0.5) is 0 Å². The second-order valence-corrected chi connectivity index (χ2v) is 6.44. The Balaban J connectivity index is 2.04. The predicted molar refractivity (Wildman–Crippen MR) is 70.3 cm³/mol. The Morgan fingerprint density at radius 3 is 2.69 bits per heavy atom. The molecule has 0 aromatic heterocycles. The monoisotopic (exact) mass is 254 g/mol. The number of hydrogen-bond donors (Lipinski definition) is 0. The molecule has 16 heavy (non-hydrogen) atoms. The maximum absolute atomic E-state index is 12.2. The van der Waals surface area contributed by atoms with Crippen LogP contribution < -0.4 is 0 Å². The van der Waals surface area contributed by atoms with Gasteiger partial charge in [0.25, 0.3) is 0 Å². The number of rotatable bonds is 3. The van der Waals surface area contributed by atoms with Gasteiger partial charge in [0.1, 0.15) is 0 Å². The fourth-order valence-electron chi connectivity index (χ4n) is 1.97. The quantitative estimate of drug-likeness (QED) is 0.818. The second-order valence-electron chi connectivity index (χ2n) is 4.41. The first kappa shape index (κ1) is 12.0. The van der Waals surface area contributed by atoms with Crippen molar-refractivity contribution in [2.75, 3.05) is 5.75 Å². The normalized spacial score (nSPS) is 24.6. The molecule has 2 rings (SSSR count). The Hall–Kier alpha value is -0.470. The highest BCUT2D eigenvalue weighted by Crippen LogP contribution is 2.39. The molecule has 1 atom stereocenters. The van der Waals surface area contributed by atoms with Crippen molar-refractivity contribution in [2.24, 2.45) is 0 Å². The standard InChI is InChI=1S/C13H15ClOS/c1-13(7-2-8-16-13)12(15)9-10-3-5-11(14)6-4-10/h3-6H,2,7-9H2,1H3. The number of hydrogen-bond acceptors (Lipinski definition) is 2. The van der Waals surface area contributed by atoms with Crippen LogP contribution in [0, 0.1) is 0 Å². The molecule has 0 spiro atoms. The zero-order chi connectivity index (χ0) is 11.6.